The molecule has 4 rings (SSSR count). The zero-order valence-electron chi connectivity index (χ0n) is 16.4. The first kappa shape index (κ1) is 21.2. The number of rotatable bonds is 8. The summed E-state index contributed by atoms with van der Waals surface area (Å²) in [5.41, 5.74) is 1.37. The van der Waals surface area contributed by atoms with Crippen molar-refractivity contribution in [3.05, 3.63) is 83.0 Å². The Balaban J connectivity index is 1.71. The highest BCUT2D eigenvalue weighted by molar-refractivity contribution is 9.10. The van der Waals surface area contributed by atoms with Crippen LogP contribution in [-0.2, 0) is 23.1 Å². The number of sulfonamides is 1. The van der Waals surface area contributed by atoms with Gasteiger partial charge >= 0.3 is 0 Å². The smallest absolute Gasteiger partial charge is 0.243 e. The zero-order chi connectivity index (χ0) is 21.8. The Kier molecular flexibility index (Phi) is 6.16. The van der Waals surface area contributed by atoms with Crippen molar-refractivity contribution in [3.8, 4) is 11.4 Å². The molecule has 4 aromatic rings. The Morgan fingerprint density at radius 3 is 2.58 bits per heavy atom. The topological polar surface area (TPSA) is 103 Å². The lowest BCUT2D eigenvalue weighted by Gasteiger charge is -2.22. The van der Waals surface area contributed by atoms with E-state index in [1.807, 2.05) is 24.3 Å². The van der Waals surface area contributed by atoms with E-state index in [1.54, 1.807) is 18.2 Å². The molecule has 0 aliphatic rings. The number of furan rings is 1. The highest BCUT2D eigenvalue weighted by Gasteiger charge is 2.27. The molecule has 2 aromatic carbocycles. The molecule has 0 amide bonds. The van der Waals surface area contributed by atoms with Crippen LogP contribution in [0.2, 0.25) is 0 Å². The van der Waals surface area contributed by atoms with Crippen LogP contribution in [0.15, 0.2) is 81.0 Å². The molecule has 31 heavy (non-hydrogen) atoms. The fourth-order valence-corrected chi connectivity index (χ4v) is 4.70. The molecule has 0 saturated carbocycles. The van der Waals surface area contributed by atoms with Gasteiger partial charge in [-0.25, -0.2) is 8.42 Å². The van der Waals surface area contributed by atoms with Gasteiger partial charge in [0.2, 0.25) is 10.0 Å². The average molecular weight is 504 g/mol. The molecule has 11 heteroatoms. The van der Waals surface area contributed by atoms with Gasteiger partial charge in [0.25, 0.3) is 0 Å². The van der Waals surface area contributed by atoms with Crippen molar-refractivity contribution in [2.24, 2.45) is 0 Å². The lowest BCUT2D eigenvalue weighted by Crippen LogP contribution is -2.30. The Morgan fingerprint density at radius 2 is 1.94 bits per heavy atom. The van der Waals surface area contributed by atoms with Crippen molar-refractivity contribution in [2.45, 2.75) is 18.0 Å². The van der Waals surface area contributed by atoms with Crippen LogP contribution in [0, 0.1) is 0 Å². The standard InChI is InChI=1S/C20H18BrN5O4S/c1-29-20-11-18(8-9-19(20)26-14-22-23-24-26)31(27,28)25(13-17-3-2-10-30-17)12-15-4-6-16(21)7-5-15/h2-11,14H,12-13H2,1H3. The van der Waals surface area contributed by atoms with E-state index in [2.05, 4.69) is 31.5 Å². The third kappa shape index (κ3) is 4.68. The molecule has 0 spiro atoms. The fourth-order valence-electron chi connectivity index (χ4n) is 3.02. The maximum absolute atomic E-state index is 13.6. The lowest BCUT2D eigenvalue weighted by molar-refractivity contribution is 0.358. The number of aromatic nitrogens is 4. The summed E-state index contributed by atoms with van der Waals surface area (Å²) in [6, 6.07) is 15.5. The zero-order valence-corrected chi connectivity index (χ0v) is 18.8. The Labute approximate surface area is 187 Å². The molecule has 9 nitrogen and oxygen atoms in total. The molecule has 2 heterocycles. The van der Waals surface area contributed by atoms with Crippen LogP contribution in [0.1, 0.15) is 11.3 Å². The molecule has 0 radical (unpaired) electrons. The van der Waals surface area contributed by atoms with Gasteiger partial charge in [0, 0.05) is 17.1 Å². The second kappa shape index (κ2) is 9.00. The van der Waals surface area contributed by atoms with Crippen molar-refractivity contribution >= 4 is 26.0 Å². The molecule has 160 valence electrons. The van der Waals surface area contributed by atoms with Crippen LogP contribution < -0.4 is 4.74 Å². The quantitative estimate of drug-likeness (QED) is 0.362. The first-order valence-corrected chi connectivity index (χ1v) is 11.4. The van der Waals surface area contributed by atoms with Gasteiger partial charge in [-0.05, 0) is 52.4 Å². The minimum Gasteiger partial charge on any atom is -0.494 e. The van der Waals surface area contributed by atoms with Gasteiger partial charge in [-0.3, -0.25) is 0 Å². The summed E-state index contributed by atoms with van der Waals surface area (Å²) in [6.07, 6.45) is 2.92. The van der Waals surface area contributed by atoms with Gasteiger partial charge in [0.1, 0.15) is 23.5 Å². The minimum atomic E-state index is -3.88. The van der Waals surface area contributed by atoms with E-state index in [-0.39, 0.29) is 18.0 Å². The normalized spacial score (nSPS) is 11.7. The second-order valence-electron chi connectivity index (χ2n) is 6.57. The average Bonchev–Trinajstić information content (AvgIpc) is 3.48. The number of hydrogen-bond donors (Lipinski definition) is 0. The summed E-state index contributed by atoms with van der Waals surface area (Å²) in [5.74, 6) is 0.868. The second-order valence-corrected chi connectivity index (χ2v) is 9.42. The van der Waals surface area contributed by atoms with Crippen LogP contribution in [-0.4, -0.2) is 40.0 Å². The minimum absolute atomic E-state index is 0.0858. The molecule has 2 aromatic heterocycles. The highest BCUT2D eigenvalue weighted by atomic mass is 79.9. The maximum atomic E-state index is 13.6. The number of tetrazole rings is 1. The number of ether oxygens (including phenoxy) is 1. The monoisotopic (exact) mass is 503 g/mol. The predicted molar refractivity (Wildman–Crippen MR) is 115 cm³/mol. The number of nitrogens with zero attached hydrogens (tertiary/aromatic N) is 5. The van der Waals surface area contributed by atoms with E-state index in [0.717, 1.165) is 10.0 Å². The number of benzene rings is 2. The predicted octanol–water partition coefficient (Wildman–Crippen LogP) is 3.42. The Bertz CT molecular complexity index is 1240. The molecule has 0 fully saturated rings. The molecule has 0 saturated heterocycles. The largest absolute Gasteiger partial charge is 0.494 e. The summed E-state index contributed by atoms with van der Waals surface area (Å²) in [5, 5.41) is 11.0. The van der Waals surface area contributed by atoms with Crippen molar-refractivity contribution in [2.75, 3.05) is 7.11 Å². The van der Waals surface area contributed by atoms with Gasteiger partial charge < -0.3 is 9.15 Å². The maximum Gasteiger partial charge on any atom is 0.243 e. The summed E-state index contributed by atoms with van der Waals surface area (Å²) in [6.45, 7) is 0.260. The van der Waals surface area contributed by atoms with Crippen molar-refractivity contribution in [3.63, 3.8) is 0 Å². The third-order valence-corrected chi connectivity index (χ3v) is 6.89. The van der Waals surface area contributed by atoms with Gasteiger partial charge in [-0.15, -0.1) is 5.10 Å². The molecule has 0 atom stereocenters. The molecule has 0 unspecified atom stereocenters. The van der Waals surface area contributed by atoms with E-state index < -0.39 is 10.0 Å². The molecule has 0 aliphatic carbocycles. The van der Waals surface area contributed by atoms with Crippen LogP contribution >= 0.6 is 15.9 Å². The lowest BCUT2D eigenvalue weighted by atomic mass is 10.2. The van der Waals surface area contributed by atoms with E-state index in [0.29, 0.717) is 17.2 Å². The SMILES string of the molecule is COc1cc(S(=O)(=O)N(Cc2ccc(Br)cc2)Cc2ccco2)ccc1-n1cnnn1. The number of methoxy groups -OCH3 is 1. The molecule has 0 aliphatic heterocycles. The van der Waals surface area contributed by atoms with E-state index in [1.165, 1.54) is 40.8 Å². The van der Waals surface area contributed by atoms with Gasteiger partial charge in [0.15, 0.2) is 0 Å². The highest BCUT2D eigenvalue weighted by Crippen LogP contribution is 2.29. The van der Waals surface area contributed by atoms with Crippen LogP contribution in [0.4, 0.5) is 0 Å². The summed E-state index contributed by atoms with van der Waals surface area (Å²) >= 11 is 3.40. The van der Waals surface area contributed by atoms with Gasteiger partial charge in [0.05, 0.1) is 24.8 Å². The summed E-state index contributed by atoms with van der Waals surface area (Å²) in [7, 11) is -2.42. The van der Waals surface area contributed by atoms with Crippen molar-refractivity contribution < 1.29 is 17.6 Å². The first-order chi connectivity index (χ1) is 15.0. The van der Waals surface area contributed by atoms with Gasteiger partial charge in [-0.2, -0.15) is 8.99 Å². The van der Waals surface area contributed by atoms with E-state index in [9.17, 15) is 8.42 Å². The Morgan fingerprint density at radius 1 is 1.13 bits per heavy atom. The molecular formula is C20H18BrN5O4S. The van der Waals surface area contributed by atoms with Gasteiger partial charge in [-0.1, -0.05) is 28.1 Å². The first-order valence-electron chi connectivity index (χ1n) is 9.16. The van der Waals surface area contributed by atoms with E-state index >= 15 is 0 Å². The number of hydrogen-bond acceptors (Lipinski definition) is 7. The van der Waals surface area contributed by atoms with Crippen LogP contribution in [0.3, 0.4) is 0 Å². The molecule has 0 bridgehead atoms. The molecule has 0 N–H and O–H groups in total. The van der Waals surface area contributed by atoms with Crippen LogP contribution in [0.25, 0.3) is 5.69 Å². The number of halogens is 1. The summed E-state index contributed by atoms with van der Waals surface area (Å²) in [4.78, 5) is 0.0878. The van der Waals surface area contributed by atoms with E-state index in [4.69, 9.17) is 9.15 Å². The fraction of sp³-hybridized carbons (Fsp3) is 0.150. The third-order valence-electron chi connectivity index (χ3n) is 4.57. The molecular weight excluding hydrogens is 486 g/mol. The summed E-state index contributed by atoms with van der Waals surface area (Å²) < 4.78 is 41.6. The van der Waals surface area contributed by atoms with Crippen molar-refractivity contribution in [1.82, 2.24) is 24.5 Å². The van der Waals surface area contributed by atoms with Crippen molar-refractivity contribution in [1.29, 1.82) is 0 Å². The van der Waals surface area contributed by atoms with Crippen LogP contribution in [0.5, 0.6) is 5.75 Å². The Hall–Kier alpha value is -3.02.